The molecule has 1 saturated heterocycles. The summed E-state index contributed by atoms with van der Waals surface area (Å²) in [5.41, 5.74) is 12.8. The number of nitrogens with one attached hydrogen (secondary N) is 3. The number of aryl methyl sites for hydroxylation is 1. The van der Waals surface area contributed by atoms with Gasteiger partial charge in [-0.1, -0.05) is 27.2 Å². The molecule has 3 N–H and O–H groups in total. The van der Waals surface area contributed by atoms with E-state index in [-0.39, 0.29) is 12.1 Å². The third-order valence-corrected chi connectivity index (χ3v) is 7.77. The minimum atomic E-state index is 0.173. The first-order valence-electron chi connectivity index (χ1n) is 12.0. The van der Waals surface area contributed by atoms with Crippen LogP contribution in [0.3, 0.4) is 0 Å². The number of rotatable bonds is 5. The van der Waals surface area contributed by atoms with Crippen molar-refractivity contribution in [1.29, 1.82) is 0 Å². The summed E-state index contributed by atoms with van der Waals surface area (Å²) in [5, 5.41) is 16.0. The molecule has 0 radical (unpaired) electrons. The third-order valence-electron chi connectivity index (χ3n) is 7.77. The Morgan fingerprint density at radius 2 is 2.10 bits per heavy atom. The zero-order valence-corrected chi connectivity index (χ0v) is 19.5. The van der Waals surface area contributed by atoms with Gasteiger partial charge in [0.15, 0.2) is 0 Å². The van der Waals surface area contributed by atoms with Gasteiger partial charge in [-0.3, -0.25) is 5.10 Å². The molecular weight excluding hydrogens is 384 g/mol. The number of dihydropyridines is 1. The second-order valence-corrected chi connectivity index (χ2v) is 9.97. The quantitative estimate of drug-likeness (QED) is 0.668. The van der Waals surface area contributed by atoms with E-state index in [1.54, 1.807) is 0 Å². The van der Waals surface area contributed by atoms with Gasteiger partial charge < -0.3 is 15.6 Å². The summed E-state index contributed by atoms with van der Waals surface area (Å²) >= 11 is 0. The van der Waals surface area contributed by atoms with E-state index in [4.69, 9.17) is 0 Å². The van der Waals surface area contributed by atoms with E-state index in [1.165, 1.54) is 40.1 Å². The summed E-state index contributed by atoms with van der Waals surface area (Å²) < 4.78 is 0. The molecule has 0 aromatic carbocycles. The Hall–Kier alpha value is -2.50. The molecule has 0 saturated carbocycles. The third kappa shape index (κ3) is 3.31. The lowest BCUT2D eigenvalue weighted by atomic mass is 9.75. The number of fused-ring (bicyclic) bond motifs is 2. The summed E-state index contributed by atoms with van der Waals surface area (Å²) in [4.78, 5) is 2.61. The highest BCUT2D eigenvalue weighted by Crippen LogP contribution is 2.45. The predicted molar refractivity (Wildman–Crippen MR) is 125 cm³/mol. The molecule has 166 valence electrons. The van der Waals surface area contributed by atoms with Crippen molar-refractivity contribution in [3.8, 4) is 0 Å². The van der Waals surface area contributed by atoms with Crippen molar-refractivity contribution in [1.82, 2.24) is 25.8 Å². The van der Waals surface area contributed by atoms with Gasteiger partial charge in [0, 0.05) is 36.5 Å². The molecule has 1 aromatic heterocycles. The van der Waals surface area contributed by atoms with Crippen LogP contribution in [-0.4, -0.2) is 40.4 Å². The zero-order valence-electron chi connectivity index (χ0n) is 19.5. The van der Waals surface area contributed by atoms with Gasteiger partial charge in [-0.25, -0.2) is 0 Å². The minimum absolute atomic E-state index is 0.173. The first kappa shape index (κ1) is 20.4. The van der Waals surface area contributed by atoms with E-state index in [2.05, 4.69) is 77.9 Å². The van der Waals surface area contributed by atoms with Gasteiger partial charge in [0.2, 0.25) is 0 Å². The smallest absolute Gasteiger partial charge is 0.0767 e. The Balaban J connectivity index is 1.60. The predicted octanol–water partition coefficient (Wildman–Crippen LogP) is 4.18. The van der Waals surface area contributed by atoms with Gasteiger partial charge in [-0.05, 0) is 61.3 Å². The summed E-state index contributed by atoms with van der Waals surface area (Å²) in [5.74, 6) is 1.79. The van der Waals surface area contributed by atoms with Crippen molar-refractivity contribution in [2.24, 2.45) is 22.9 Å². The Bertz CT molecular complexity index is 978. The largest absolute Gasteiger partial charge is 0.372 e. The van der Waals surface area contributed by atoms with E-state index in [9.17, 15) is 0 Å². The van der Waals surface area contributed by atoms with Crippen LogP contribution in [-0.2, 0) is 0 Å². The van der Waals surface area contributed by atoms with Crippen molar-refractivity contribution >= 4 is 6.21 Å². The van der Waals surface area contributed by atoms with Crippen LogP contribution in [0.15, 0.2) is 45.5 Å². The second kappa shape index (κ2) is 7.88. The number of hydrazone groups is 1. The Morgan fingerprint density at radius 1 is 1.26 bits per heavy atom. The first-order valence-corrected chi connectivity index (χ1v) is 12.0. The molecule has 6 nitrogen and oxygen atoms in total. The molecule has 1 aromatic rings. The fourth-order valence-corrected chi connectivity index (χ4v) is 5.88. The van der Waals surface area contributed by atoms with Gasteiger partial charge in [0.1, 0.15) is 0 Å². The molecule has 3 aliphatic heterocycles. The molecule has 4 atom stereocenters. The van der Waals surface area contributed by atoms with Gasteiger partial charge in [0.05, 0.1) is 29.7 Å². The average Bonchev–Trinajstić information content (AvgIpc) is 3.49. The van der Waals surface area contributed by atoms with Crippen LogP contribution in [0.1, 0.15) is 64.3 Å². The van der Waals surface area contributed by atoms with Crippen LogP contribution >= 0.6 is 0 Å². The highest BCUT2D eigenvalue weighted by atomic mass is 15.3. The van der Waals surface area contributed by atoms with E-state index < -0.39 is 0 Å². The van der Waals surface area contributed by atoms with Gasteiger partial charge in [-0.15, -0.1) is 0 Å². The molecule has 0 amide bonds. The van der Waals surface area contributed by atoms with Gasteiger partial charge >= 0.3 is 0 Å². The molecule has 5 rings (SSSR count). The number of hydrogen-bond donors (Lipinski definition) is 3. The van der Waals surface area contributed by atoms with Crippen molar-refractivity contribution < 1.29 is 0 Å². The van der Waals surface area contributed by atoms with Gasteiger partial charge in [-0.2, -0.15) is 10.2 Å². The summed E-state index contributed by atoms with van der Waals surface area (Å²) in [7, 11) is 0. The molecular formula is C25H36N6. The maximum atomic E-state index is 4.47. The molecule has 1 aliphatic carbocycles. The molecule has 31 heavy (non-hydrogen) atoms. The van der Waals surface area contributed by atoms with E-state index in [0.29, 0.717) is 5.92 Å². The van der Waals surface area contributed by atoms with Crippen LogP contribution in [0.4, 0.5) is 0 Å². The summed E-state index contributed by atoms with van der Waals surface area (Å²) in [6.07, 6.45) is 10.0. The molecule has 4 heterocycles. The van der Waals surface area contributed by atoms with Crippen LogP contribution in [0, 0.1) is 24.7 Å². The molecule has 0 bridgehead atoms. The monoisotopic (exact) mass is 420 g/mol. The van der Waals surface area contributed by atoms with Crippen LogP contribution in [0.25, 0.3) is 0 Å². The first-order chi connectivity index (χ1) is 15.0. The van der Waals surface area contributed by atoms with Crippen molar-refractivity contribution in [2.75, 3.05) is 13.1 Å². The van der Waals surface area contributed by atoms with Gasteiger partial charge in [0.25, 0.3) is 0 Å². The minimum Gasteiger partial charge on any atom is -0.372 e. The second-order valence-electron chi connectivity index (χ2n) is 9.97. The van der Waals surface area contributed by atoms with Crippen LogP contribution < -0.4 is 10.7 Å². The average molecular weight is 421 g/mol. The van der Waals surface area contributed by atoms with Crippen molar-refractivity contribution in [3.05, 3.63) is 51.6 Å². The SMILES string of the molecule is CCCC1=C(C)C2=C(NC1c1cn[nH]c1C)C(N1CCC(C(C)C)C1)=CC1NN=CC21. The van der Waals surface area contributed by atoms with Crippen molar-refractivity contribution in [2.45, 2.75) is 66.0 Å². The van der Waals surface area contributed by atoms with Crippen LogP contribution in [0.2, 0.25) is 0 Å². The molecule has 6 heteroatoms. The number of H-pyrrole nitrogens is 1. The standard InChI is InChI=1S/C25H36N6/c1-6-7-18-15(4)23-20-12-27-30-21(20)10-22(31-9-8-17(13-31)14(2)3)25(23)28-24(18)19-11-26-29-16(19)5/h10-12,14,17,20-21,24,28,30H,6-9,13H2,1-5H3,(H,26,29). The lowest BCUT2D eigenvalue weighted by Gasteiger charge is -2.41. The lowest BCUT2D eigenvalue weighted by molar-refractivity contribution is 0.350. The molecule has 4 unspecified atom stereocenters. The number of hydrogen-bond acceptors (Lipinski definition) is 5. The number of aromatic nitrogens is 2. The number of nitrogens with zero attached hydrogens (tertiary/aromatic N) is 3. The summed E-state index contributed by atoms with van der Waals surface area (Å²) in [6, 6.07) is 0.422. The number of allylic oxidation sites excluding steroid dienone is 1. The van der Waals surface area contributed by atoms with Crippen LogP contribution in [0.5, 0.6) is 0 Å². The number of aromatic amines is 1. The van der Waals surface area contributed by atoms with E-state index in [1.807, 2.05) is 6.20 Å². The van der Waals surface area contributed by atoms with Crippen molar-refractivity contribution in [3.63, 3.8) is 0 Å². The zero-order chi connectivity index (χ0) is 21.7. The maximum absolute atomic E-state index is 4.47. The fourth-order valence-electron chi connectivity index (χ4n) is 5.88. The summed E-state index contributed by atoms with van der Waals surface area (Å²) in [6.45, 7) is 13.7. The molecule has 1 fully saturated rings. The Morgan fingerprint density at radius 3 is 2.77 bits per heavy atom. The maximum Gasteiger partial charge on any atom is 0.0767 e. The molecule has 4 aliphatic rings. The highest BCUT2D eigenvalue weighted by Gasteiger charge is 2.42. The topological polar surface area (TPSA) is 68.3 Å². The lowest BCUT2D eigenvalue weighted by Crippen LogP contribution is -2.42. The highest BCUT2D eigenvalue weighted by molar-refractivity contribution is 5.75. The fraction of sp³-hybridized carbons (Fsp3) is 0.600. The Kier molecular flexibility index (Phi) is 5.19. The number of likely N-dealkylation sites (tertiary alicyclic amines) is 1. The van der Waals surface area contributed by atoms with E-state index in [0.717, 1.165) is 43.5 Å². The molecule has 0 spiro atoms. The Labute approximate surface area is 185 Å². The normalized spacial score (nSPS) is 29.9. The van der Waals surface area contributed by atoms with E-state index >= 15 is 0 Å².